The van der Waals surface area contributed by atoms with Gasteiger partial charge in [0.2, 0.25) is 0 Å². The van der Waals surface area contributed by atoms with E-state index in [1.54, 1.807) is 0 Å². The van der Waals surface area contributed by atoms with Crippen LogP contribution in [0.1, 0.15) is 97.5 Å². The summed E-state index contributed by atoms with van der Waals surface area (Å²) in [6.45, 7) is 11.9. The third-order valence-electron chi connectivity index (χ3n) is 9.37. The fraction of sp³-hybridized carbons (Fsp3) is 0.645. The molecule has 5 aliphatic rings. The highest BCUT2D eigenvalue weighted by Gasteiger charge is 2.56. The van der Waals surface area contributed by atoms with Crippen molar-refractivity contribution in [3.8, 4) is 5.75 Å². The lowest BCUT2D eigenvalue weighted by molar-refractivity contribution is -0.132. The van der Waals surface area contributed by atoms with Crippen molar-refractivity contribution >= 4 is 12.0 Å². The summed E-state index contributed by atoms with van der Waals surface area (Å²) >= 11 is 0. The highest BCUT2D eigenvalue weighted by molar-refractivity contribution is 5.84. The number of carboxylic acid groups (broad SMARTS) is 1. The van der Waals surface area contributed by atoms with Crippen LogP contribution in [0.3, 0.4) is 0 Å². The van der Waals surface area contributed by atoms with Crippen LogP contribution in [0.5, 0.6) is 5.75 Å². The van der Waals surface area contributed by atoms with E-state index in [2.05, 4.69) is 63.8 Å². The molecule has 5 fully saturated rings. The van der Waals surface area contributed by atoms with Gasteiger partial charge in [0.05, 0.1) is 0 Å². The smallest absolute Gasteiger partial charge is 0.330 e. The van der Waals surface area contributed by atoms with Gasteiger partial charge in [-0.3, -0.25) is 0 Å². The highest BCUT2D eigenvalue weighted by atomic mass is 16.5. The van der Waals surface area contributed by atoms with Crippen molar-refractivity contribution < 1.29 is 14.6 Å². The second-order valence-electron chi connectivity index (χ2n) is 12.7. The van der Waals surface area contributed by atoms with Crippen LogP contribution in [0.25, 0.3) is 6.08 Å². The molecule has 1 aromatic rings. The summed E-state index contributed by atoms with van der Waals surface area (Å²) < 4.78 is 6.30. The molecule has 1 N–H and O–H groups in total. The number of hydrogen-bond acceptors (Lipinski definition) is 2. The van der Waals surface area contributed by atoms with Gasteiger partial charge in [0.1, 0.15) is 11.4 Å². The first-order chi connectivity index (χ1) is 16.0. The van der Waals surface area contributed by atoms with Crippen molar-refractivity contribution in [3.05, 3.63) is 48.1 Å². The first-order valence-corrected chi connectivity index (χ1v) is 13.4. The van der Waals surface area contributed by atoms with Gasteiger partial charge in [-0.15, -0.1) is 0 Å². The summed E-state index contributed by atoms with van der Waals surface area (Å²) in [5.41, 5.74) is 2.38. The van der Waals surface area contributed by atoms with Crippen molar-refractivity contribution in [1.82, 2.24) is 0 Å². The molecular formula is C31H44O3. The Morgan fingerprint density at radius 2 is 1.50 bits per heavy atom. The molecule has 0 aromatic heterocycles. The van der Waals surface area contributed by atoms with Crippen molar-refractivity contribution in [1.29, 1.82) is 0 Å². The Kier molecular flexibility index (Phi) is 7.04. The van der Waals surface area contributed by atoms with Crippen LogP contribution >= 0.6 is 0 Å². The van der Waals surface area contributed by atoms with Gasteiger partial charge < -0.3 is 9.84 Å². The third kappa shape index (κ3) is 5.44. The quantitative estimate of drug-likeness (QED) is 0.431. The first kappa shape index (κ1) is 25.1. The van der Waals surface area contributed by atoms with E-state index in [0.29, 0.717) is 5.41 Å². The van der Waals surface area contributed by atoms with E-state index in [9.17, 15) is 4.79 Å². The second kappa shape index (κ2) is 9.55. The average molecular weight is 465 g/mol. The van der Waals surface area contributed by atoms with Gasteiger partial charge in [-0.1, -0.05) is 44.7 Å². The summed E-state index contributed by atoms with van der Waals surface area (Å²) in [5.74, 6) is 3.16. The molecule has 34 heavy (non-hydrogen) atoms. The molecule has 5 saturated carbocycles. The lowest BCUT2D eigenvalue weighted by Gasteiger charge is -2.62. The van der Waals surface area contributed by atoms with Gasteiger partial charge in [-0.2, -0.15) is 0 Å². The molecule has 5 aliphatic carbocycles. The molecule has 3 nitrogen and oxygen atoms in total. The van der Waals surface area contributed by atoms with Gasteiger partial charge >= 0.3 is 5.97 Å². The SMILES string of the molecule is C=C(C)C(=O)O.CC1(Oc2ccc(C=CC(C)(C)C34CC5CC(CC(C5)C3)C4)cc2)CCCC1. The van der Waals surface area contributed by atoms with E-state index >= 15 is 0 Å². The topological polar surface area (TPSA) is 46.5 Å². The minimum Gasteiger partial charge on any atom is -0.488 e. The van der Waals surface area contributed by atoms with Crippen molar-refractivity contribution in [3.63, 3.8) is 0 Å². The van der Waals surface area contributed by atoms with Gasteiger partial charge in [-0.25, -0.2) is 4.79 Å². The number of benzene rings is 1. The number of allylic oxidation sites excluding steroid dienone is 1. The molecule has 0 spiro atoms. The van der Waals surface area contributed by atoms with Gasteiger partial charge in [0.25, 0.3) is 0 Å². The molecule has 4 bridgehead atoms. The Balaban J connectivity index is 0.000000408. The molecule has 0 amide bonds. The van der Waals surface area contributed by atoms with Gasteiger partial charge in [-0.05, 0) is 124 Å². The van der Waals surface area contributed by atoms with E-state index < -0.39 is 5.97 Å². The monoisotopic (exact) mass is 464 g/mol. The largest absolute Gasteiger partial charge is 0.488 e. The van der Waals surface area contributed by atoms with E-state index in [0.717, 1.165) is 23.5 Å². The number of aliphatic carboxylic acids is 1. The Bertz CT molecular complexity index is 867. The standard InChI is InChI=1S/C27H38O.C4H6O2/c1-25(2,27-17-21-14-22(18-27)16-23(15-21)19-27)13-10-20-6-8-24(9-7-20)28-26(3)11-4-5-12-26;1-3(2)4(5)6/h6-10,13,21-23H,4-5,11-12,14-19H2,1-3H3;1H2,2H3,(H,5,6). The fourth-order valence-corrected chi connectivity index (χ4v) is 7.54. The van der Waals surface area contributed by atoms with E-state index in [1.807, 2.05) is 0 Å². The van der Waals surface area contributed by atoms with Crippen molar-refractivity contribution in [2.45, 2.75) is 97.5 Å². The number of ether oxygens (including phenoxy) is 1. The second-order valence-corrected chi connectivity index (χ2v) is 12.7. The Hall–Kier alpha value is -2.03. The minimum atomic E-state index is -0.935. The molecule has 0 radical (unpaired) electrons. The summed E-state index contributed by atoms with van der Waals surface area (Å²) in [4.78, 5) is 9.60. The molecule has 6 rings (SSSR count). The first-order valence-electron chi connectivity index (χ1n) is 13.4. The summed E-state index contributed by atoms with van der Waals surface area (Å²) in [7, 11) is 0. The lowest BCUT2D eigenvalue weighted by Crippen LogP contribution is -2.52. The number of carbonyl (C=O) groups is 1. The molecule has 0 unspecified atom stereocenters. The fourth-order valence-electron chi connectivity index (χ4n) is 7.54. The summed E-state index contributed by atoms with van der Waals surface area (Å²) in [6, 6.07) is 8.81. The zero-order valence-corrected chi connectivity index (χ0v) is 21.7. The molecule has 0 saturated heterocycles. The number of rotatable bonds is 6. The molecule has 3 heteroatoms. The van der Waals surface area contributed by atoms with E-state index in [4.69, 9.17) is 9.84 Å². The molecule has 1 aromatic carbocycles. The van der Waals surface area contributed by atoms with Crippen molar-refractivity contribution in [2.75, 3.05) is 0 Å². The van der Waals surface area contributed by atoms with Crippen LogP contribution in [0.4, 0.5) is 0 Å². The van der Waals surface area contributed by atoms with Crippen LogP contribution in [0, 0.1) is 28.6 Å². The predicted octanol–water partition coefficient (Wildman–Crippen LogP) is 8.30. The molecule has 0 aliphatic heterocycles. The normalized spacial score (nSPS) is 31.2. The number of carboxylic acids is 1. The maximum absolute atomic E-state index is 9.60. The lowest BCUT2D eigenvalue weighted by atomic mass is 9.43. The molecular weight excluding hydrogens is 420 g/mol. The Labute approximate surface area is 206 Å². The zero-order valence-electron chi connectivity index (χ0n) is 21.7. The van der Waals surface area contributed by atoms with Crippen LogP contribution < -0.4 is 4.74 Å². The van der Waals surface area contributed by atoms with Gasteiger partial charge in [0.15, 0.2) is 0 Å². The molecule has 0 atom stereocenters. The average Bonchev–Trinajstić information content (AvgIpc) is 3.18. The van der Waals surface area contributed by atoms with E-state index in [-0.39, 0.29) is 16.6 Å². The third-order valence-corrected chi connectivity index (χ3v) is 9.37. The Morgan fingerprint density at radius 1 is 1.03 bits per heavy atom. The Morgan fingerprint density at radius 3 is 1.94 bits per heavy atom. The number of hydrogen-bond donors (Lipinski definition) is 1. The van der Waals surface area contributed by atoms with E-state index in [1.165, 1.54) is 76.7 Å². The maximum Gasteiger partial charge on any atom is 0.330 e. The minimum absolute atomic E-state index is 0.0534. The van der Waals surface area contributed by atoms with Crippen LogP contribution in [-0.4, -0.2) is 16.7 Å². The van der Waals surface area contributed by atoms with Crippen LogP contribution in [0.15, 0.2) is 42.5 Å². The molecule has 0 heterocycles. The van der Waals surface area contributed by atoms with Gasteiger partial charge in [0, 0.05) is 5.57 Å². The summed E-state index contributed by atoms with van der Waals surface area (Å²) in [6.07, 6.45) is 18.9. The van der Waals surface area contributed by atoms with Crippen LogP contribution in [0.2, 0.25) is 0 Å². The van der Waals surface area contributed by atoms with Crippen LogP contribution in [-0.2, 0) is 4.79 Å². The maximum atomic E-state index is 9.60. The zero-order chi connectivity index (χ0) is 24.6. The van der Waals surface area contributed by atoms with Crippen molar-refractivity contribution in [2.24, 2.45) is 28.6 Å². The highest BCUT2D eigenvalue weighted by Crippen LogP contribution is 2.66. The summed E-state index contributed by atoms with van der Waals surface area (Å²) in [5, 5.41) is 7.89. The predicted molar refractivity (Wildman–Crippen MR) is 140 cm³/mol. The molecule has 186 valence electrons.